The number of methoxy groups -OCH3 is 1. The average Bonchev–Trinajstić information content (AvgIpc) is 3.55. The molecule has 12 nitrogen and oxygen atoms in total. The lowest BCUT2D eigenvalue weighted by molar-refractivity contribution is -0.124. The van der Waals surface area contributed by atoms with Crippen molar-refractivity contribution in [1.82, 2.24) is 30.2 Å². The van der Waals surface area contributed by atoms with Crippen LogP contribution in [-0.4, -0.2) is 84.9 Å². The van der Waals surface area contributed by atoms with Gasteiger partial charge in [-0.05, 0) is 50.4 Å². The zero-order chi connectivity index (χ0) is 32.5. The van der Waals surface area contributed by atoms with Crippen LogP contribution in [0.3, 0.4) is 0 Å². The summed E-state index contributed by atoms with van der Waals surface area (Å²) in [5.41, 5.74) is 7.09. The lowest BCUT2D eigenvalue weighted by atomic mass is 9.76. The van der Waals surface area contributed by atoms with Crippen LogP contribution in [0.5, 0.6) is 5.75 Å². The van der Waals surface area contributed by atoms with Crippen LogP contribution in [0.1, 0.15) is 18.4 Å². The molecule has 0 unspecified atom stereocenters. The molecule has 0 atom stereocenters. The van der Waals surface area contributed by atoms with Gasteiger partial charge in [-0.25, -0.2) is 0 Å². The van der Waals surface area contributed by atoms with Gasteiger partial charge in [0, 0.05) is 90.4 Å². The van der Waals surface area contributed by atoms with E-state index in [0.29, 0.717) is 34.3 Å². The Morgan fingerprint density at radius 3 is 2.57 bits per heavy atom. The van der Waals surface area contributed by atoms with E-state index in [0.717, 1.165) is 83.4 Å². The highest BCUT2D eigenvalue weighted by Gasteiger charge is 2.41. The number of allylic oxidation sites excluding steroid dienone is 1. The molecule has 2 aliphatic rings. The van der Waals surface area contributed by atoms with Gasteiger partial charge >= 0.3 is 0 Å². The second-order valence-corrected chi connectivity index (χ2v) is 14.5. The molecule has 5 aromatic rings. The van der Waals surface area contributed by atoms with E-state index in [1.54, 1.807) is 19.5 Å². The number of piperidine rings is 1. The molecule has 0 bridgehead atoms. The Hall–Kier alpha value is -4.80. The summed E-state index contributed by atoms with van der Waals surface area (Å²) in [6, 6.07) is 10.1. The molecule has 5 heterocycles. The van der Waals surface area contributed by atoms with E-state index in [1.165, 1.54) is 6.21 Å². The molecule has 3 aromatic heterocycles. The van der Waals surface area contributed by atoms with Crippen molar-refractivity contribution in [2.75, 3.05) is 69.3 Å². The Labute approximate surface area is 274 Å². The number of hydrogen-bond acceptors (Lipinski definition) is 11. The fourth-order valence-electron chi connectivity index (χ4n) is 6.50. The Morgan fingerprint density at radius 2 is 1.87 bits per heavy atom. The van der Waals surface area contributed by atoms with Gasteiger partial charge in [-0.15, -0.1) is 0 Å². The number of nitrogens with zero attached hydrogens (tertiary/aromatic N) is 5. The summed E-state index contributed by atoms with van der Waals surface area (Å²) in [6.45, 7) is 7.96. The van der Waals surface area contributed by atoms with Crippen molar-refractivity contribution < 1.29 is 9.47 Å². The Balaban J connectivity index is 1.27. The van der Waals surface area contributed by atoms with Crippen molar-refractivity contribution in [2.24, 2.45) is 5.41 Å². The molecular formula is C34H39N10O2P. The number of H-pyrrole nitrogens is 1. The number of aromatic amines is 1. The van der Waals surface area contributed by atoms with Crippen molar-refractivity contribution in [1.29, 1.82) is 5.41 Å². The molecule has 2 saturated heterocycles. The van der Waals surface area contributed by atoms with Crippen LogP contribution in [0.25, 0.3) is 27.6 Å². The van der Waals surface area contributed by atoms with Gasteiger partial charge in [0.05, 0.1) is 42.4 Å². The number of rotatable bonds is 10. The number of nitrogens with one attached hydrogen (secondary N) is 5. The summed E-state index contributed by atoms with van der Waals surface area (Å²) < 4.78 is 11.5. The molecule has 2 aromatic carbocycles. The number of benzene rings is 2. The van der Waals surface area contributed by atoms with Crippen molar-refractivity contribution in [3.8, 4) is 5.75 Å². The number of ether oxygens (including phenoxy) is 2. The third-order valence-corrected chi connectivity index (χ3v) is 10.4. The van der Waals surface area contributed by atoms with Crippen molar-refractivity contribution in [2.45, 2.75) is 12.8 Å². The maximum Gasteiger partial charge on any atom is 0.231 e. The van der Waals surface area contributed by atoms with Crippen molar-refractivity contribution >= 4 is 75.9 Å². The first-order valence-corrected chi connectivity index (χ1v) is 17.9. The third-order valence-electron chi connectivity index (χ3n) is 9.04. The highest BCUT2D eigenvalue weighted by atomic mass is 31.1. The van der Waals surface area contributed by atoms with E-state index in [1.807, 2.05) is 43.7 Å². The monoisotopic (exact) mass is 650 g/mol. The van der Waals surface area contributed by atoms with Gasteiger partial charge in [-0.3, -0.25) is 9.97 Å². The van der Waals surface area contributed by atoms with Crippen LogP contribution < -0.4 is 30.9 Å². The van der Waals surface area contributed by atoms with Gasteiger partial charge in [0.25, 0.3) is 0 Å². The summed E-state index contributed by atoms with van der Waals surface area (Å²) in [6.07, 6.45) is 10.7. The molecule has 2 fully saturated rings. The van der Waals surface area contributed by atoms with Crippen LogP contribution in [0.15, 0.2) is 55.1 Å². The molecule has 13 heteroatoms. The van der Waals surface area contributed by atoms with E-state index in [4.69, 9.17) is 24.9 Å². The Kier molecular flexibility index (Phi) is 8.38. The van der Waals surface area contributed by atoms with Crippen LogP contribution in [0, 0.1) is 10.8 Å². The lowest BCUT2D eigenvalue weighted by Crippen LogP contribution is -2.51. The third kappa shape index (κ3) is 5.83. The lowest BCUT2D eigenvalue weighted by Gasteiger charge is -2.48. The van der Waals surface area contributed by atoms with Crippen molar-refractivity contribution in [3.63, 3.8) is 0 Å². The number of anilines is 5. The topological polar surface area (TPSA) is 149 Å². The Morgan fingerprint density at radius 1 is 1.06 bits per heavy atom. The normalized spacial score (nSPS) is 16.0. The molecule has 7 rings (SSSR count). The van der Waals surface area contributed by atoms with Crippen LogP contribution in [-0.2, 0) is 4.74 Å². The Bertz CT molecular complexity index is 1980. The van der Waals surface area contributed by atoms with Gasteiger partial charge in [-0.2, -0.15) is 9.97 Å². The zero-order valence-corrected chi connectivity index (χ0v) is 27.9. The summed E-state index contributed by atoms with van der Waals surface area (Å²) >= 11 is 0. The van der Waals surface area contributed by atoms with Gasteiger partial charge in [0.1, 0.15) is 17.2 Å². The van der Waals surface area contributed by atoms with Crippen LogP contribution in [0.2, 0.25) is 0 Å². The van der Waals surface area contributed by atoms with Crippen molar-refractivity contribution in [3.05, 3.63) is 60.7 Å². The second-order valence-electron chi connectivity index (χ2n) is 12.2. The molecule has 0 amide bonds. The fraction of sp³-hybridized carbons (Fsp3) is 0.324. The van der Waals surface area contributed by atoms with Crippen LogP contribution >= 0.6 is 7.92 Å². The molecule has 242 valence electrons. The highest BCUT2D eigenvalue weighted by Crippen LogP contribution is 2.43. The molecule has 1 spiro atoms. The first-order valence-electron chi connectivity index (χ1n) is 15.7. The predicted molar refractivity (Wildman–Crippen MR) is 192 cm³/mol. The minimum absolute atomic E-state index is 0.310. The number of aromatic nitrogens is 5. The van der Waals surface area contributed by atoms with E-state index < -0.39 is 7.92 Å². The quantitative estimate of drug-likeness (QED) is 0.0957. The van der Waals surface area contributed by atoms with E-state index in [-0.39, 0.29) is 0 Å². The molecule has 47 heavy (non-hydrogen) atoms. The predicted octanol–water partition coefficient (Wildman–Crippen LogP) is 5.59. The van der Waals surface area contributed by atoms with Gasteiger partial charge < -0.3 is 40.7 Å². The van der Waals surface area contributed by atoms with Gasteiger partial charge in [0.2, 0.25) is 5.95 Å². The maximum atomic E-state index is 8.24. The zero-order valence-electron chi connectivity index (χ0n) is 27.0. The SMILES string of the molecule is CN/C=C(\C=N)c1cc(Nc2nc(Nc3ccc4nccnc4c3P(C)C)c3cc[nH]c3n2)c(OC)cc1N1CCC2(CC1)COC2. The molecule has 5 N–H and O–H groups in total. The summed E-state index contributed by atoms with van der Waals surface area (Å²) in [4.78, 5) is 24.6. The van der Waals surface area contributed by atoms with E-state index in [9.17, 15) is 0 Å². The standard InChI is InChI=1S/C34H39N10O2P/c1-36-18-21(17-35)23-15-26(28(45-2)16-27(23)44-13-8-34(9-14-44)19-46-20-34)41-33-42-31-22(7-10-39-31)32(43-33)40-25-6-5-24-29(30(25)47(3)4)38-12-11-37-24/h5-7,10-12,15-18,35-36H,8-9,13-14,19-20H2,1-4H3,(H3,39,40,41,42,43)/b21-18+,35-17?. The highest BCUT2D eigenvalue weighted by molar-refractivity contribution is 7.65. The molecule has 0 aliphatic carbocycles. The number of fused-ring (bicyclic) bond motifs is 2. The minimum Gasteiger partial charge on any atom is -0.494 e. The first kappa shape index (κ1) is 30.8. The summed E-state index contributed by atoms with van der Waals surface area (Å²) in [5, 5.41) is 20.4. The molecular weight excluding hydrogens is 611 g/mol. The van der Waals surface area contributed by atoms with Gasteiger partial charge in [0.15, 0.2) is 0 Å². The molecule has 0 saturated carbocycles. The van der Waals surface area contributed by atoms with Gasteiger partial charge in [-0.1, -0.05) is 7.92 Å². The maximum absolute atomic E-state index is 8.24. The van der Waals surface area contributed by atoms with E-state index in [2.05, 4.69) is 55.2 Å². The fourth-order valence-corrected chi connectivity index (χ4v) is 7.71. The van der Waals surface area contributed by atoms with Crippen LogP contribution in [0.4, 0.5) is 28.8 Å². The second kappa shape index (κ2) is 12.8. The first-order chi connectivity index (χ1) is 22.9. The molecule has 2 aliphatic heterocycles. The minimum atomic E-state index is -0.513. The smallest absolute Gasteiger partial charge is 0.231 e. The summed E-state index contributed by atoms with van der Waals surface area (Å²) in [5.74, 6) is 1.72. The largest absolute Gasteiger partial charge is 0.494 e. The average molecular weight is 651 g/mol. The summed E-state index contributed by atoms with van der Waals surface area (Å²) in [7, 11) is 3.00. The molecule has 0 radical (unpaired) electrons. The van der Waals surface area contributed by atoms with E-state index >= 15 is 0 Å². The number of hydrogen-bond donors (Lipinski definition) is 5.